The second-order valence-electron chi connectivity index (χ2n) is 18.6. The van der Waals surface area contributed by atoms with Gasteiger partial charge < -0.3 is 0 Å². The van der Waals surface area contributed by atoms with E-state index in [2.05, 4.69) is 243 Å². The fourth-order valence-electron chi connectivity index (χ4n) is 12.7. The van der Waals surface area contributed by atoms with Crippen molar-refractivity contribution in [2.45, 2.75) is 5.41 Å². The lowest BCUT2D eigenvalue weighted by Gasteiger charge is -2.32. The molecule has 13 aromatic carbocycles. The van der Waals surface area contributed by atoms with Gasteiger partial charge in [-0.15, -0.1) is 0 Å². The standard InChI is InChI=1S/C67H40/c1-2-18-45-40-62-59(39-44(45)17-1)65-52-24-6-5-21-48(52)58-38-46(36-37-57(58)66(65)67(62)60-30-13-11-22-49(60)50-23-12-14-31-61(50)67)41-32-34-43(35-33-41)63-53-25-7-9-27-55(53)64(56-28-10-8-26-54(56)63)51-29-15-19-42-16-3-4-20-47(42)51/h1-40H. The Morgan fingerprint density at radius 1 is 0.209 bits per heavy atom. The highest BCUT2D eigenvalue weighted by Crippen LogP contribution is 2.66. The summed E-state index contributed by atoms with van der Waals surface area (Å²) in [7, 11) is 0. The molecule has 0 radical (unpaired) electrons. The van der Waals surface area contributed by atoms with Gasteiger partial charge in [0.05, 0.1) is 5.41 Å². The van der Waals surface area contributed by atoms with Crippen LogP contribution in [0.3, 0.4) is 0 Å². The van der Waals surface area contributed by atoms with E-state index in [-0.39, 0.29) is 0 Å². The lowest BCUT2D eigenvalue weighted by atomic mass is 9.69. The summed E-state index contributed by atoms with van der Waals surface area (Å²) in [6.45, 7) is 0. The molecule has 0 saturated carbocycles. The zero-order valence-electron chi connectivity index (χ0n) is 36.6. The van der Waals surface area contributed by atoms with Crippen molar-refractivity contribution in [2.75, 3.05) is 0 Å². The molecule has 13 aromatic rings. The Bertz CT molecular complexity index is 4150. The molecule has 0 heteroatoms. The molecule has 67 heavy (non-hydrogen) atoms. The maximum atomic E-state index is 2.50. The van der Waals surface area contributed by atoms with Crippen LogP contribution in [-0.4, -0.2) is 0 Å². The minimum atomic E-state index is -0.470. The van der Waals surface area contributed by atoms with E-state index in [1.54, 1.807) is 0 Å². The summed E-state index contributed by atoms with van der Waals surface area (Å²) in [6.07, 6.45) is 0. The van der Waals surface area contributed by atoms with Crippen molar-refractivity contribution >= 4 is 64.6 Å². The van der Waals surface area contributed by atoms with Crippen LogP contribution in [0.1, 0.15) is 22.3 Å². The number of rotatable bonds is 3. The monoisotopic (exact) mass is 844 g/mol. The van der Waals surface area contributed by atoms with Crippen LogP contribution in [0, 0.1) is 0 Å². The summed E-state index contributed by atoms with van der Waals surface area (Å²) in [5, 5.41) is 15.3. The van der Waals surface area contributed by atoms with Gasteiger partial charge in [-0.2, -0.15) is 0 Å². The van der Waals surface area contributed by atoms with E-state index in [0.29, 0.717) is 0 Å². The van der Waals surface area contributed by atoms with Gasteiger partial charge in [0.15, 0.2) is 0 Å². The summed E-state index contributed by atoms with van der Waals surface area (Å²) >= 11 is 0. The maximum absolute atomic E-state index is 2.50. The largest absolute Gasteiger partial charge is 0.0731 e. The molecule has 0 fully saturated rings. The first-order valence-corrected chi connectivity index (χ1v) is 23.5. The molecule has 0 heterocycles. The smallest absolute Gasteiger partial charge is 0.0619 e. The molecular formula is C67H40. The molecule has 0 amide bonds. The van der Waals surface area contributed by atoms with Gasteiger partial charge in [0.1, 0.15) is 0 Å². The highest BCUT2D eigenvalue weighted by atomic mass is 14.5. The number of hydrogen-bond acceptors (Lipinski definition) is 0. The molecule has 2 aliphatic carbocycles. The highest BCUT2D eigenvalue weighted by Gasteiger charge is 2.53. The first kappa shape index (κ1) is 36.7. The lowest BCUT2D eigenvalue weighted by Crippen LogP contribution is -2.26. The Kier molecular flexibility index (Phi) is 7.52. The van der Waals surface area contributed by atoms with Gasteiger partial charge in [0.25, 0.3) is 0 Å². The number of fused-ring (bicyclic) bond motifs is 19. The summed E-state index contributed by atoms with van der Waals surface area (Å²) in [6, 6.07) is 91.4. The third-order valence-electron chi connectivity index (χ3n) is 15.4. The van der Waals surface area contributed by atoms with Crippen LogP contribution in [0.2, 0.25) is 0 Å². The molecule has 0 unspecified atom stereocenters. The van der Waals surface area contributed by atoms with E-state index in [4.69, 9.17) is 0 Å². The predicted octanol–water partition coefficient (Wildman–Crippen LogP) is 18.0. The Hall–Kier alpha value is -8.58. The fourth-order valence-corrected chi connectivity index (χ4v) is 12.7. The van der Waals surface area contributed by atoms with Crippen LogP contribution in [0.25, 0.3) is 120 Å². The molecule has 0 atom stereocenters. The molecule has 308 valence electrons. The van der Waals surface area contributed by atoms with E-state index in [9.17, 15) is 0 Å². The van der Waals surface area contributed by atoms with Crippen LogP contribution in [0.4, 0.5) is 0 Å². The topological polar surface area (TPSA) is 0 Å². The second-order valence-corrected chi connectivity index (χ2v) is 18.6. The normalized spacial score (nSPS) is 13.2. The summed E-state index contributed by atoms with van der Waals surface area (Å²) in [5.41, 5.74) is 17.9. The quantitative estimate of drug-likeness (QED) is 0.123. The van der Waals surface area contributed by atoms with Gasteiger partial charge in [0, 0.05) is 0 Å². The Balaban J connectivity index is 0.947. The van der Waals surface area contributed by atoms with E-state index in [1.807, 2.05) is 0 Å². The highest BCUT2D eigenvalue weighted by molar-refractivity contribution is 6.24. The Morgan fingerprint density at radius 2 is 0.672 bits per heavy atom. The second kappa shape index (κ2) is 13.7. The SMILES string of the molecule is c1ccc2c(c1)-c1ccccc1C21c2cc3ccccc3cc2-c2c1c1ccc(-c3ccc(-c4c5ccccc5c(-c5cccc6ccccc56)c5ccccc45)cc3)cc1c1ccccc21. The summed E-state index contributed by atoms with van der Waals surface area (Å²) in [4.78, 5) is 0. The zero-order chi connectivity index (χ0) is 43.8. The fraction of sp³-hybridized carbons (Fsp3) is 0.0149. The third-order valence-corrected chi connectivity index (χ3v) is 15.4. The average molecular weight is 845 g/mol. The number of hydrogen-bond donors (Lipinski definition) is 0. The zero-order valence-corrected chi connectivity index (χ0v) is 36.6. The Labute approximate surface area is 388 Å². The van der Waals surface area contributed by atoms with Crippen LogP contribution in [0.5, 0.6) is 0 Å². The first-order chi connectivity index (χ1) is 33.3. The predicted molar refractivity (Wildman–Crippen MR) is 284 cm³/mol. The van der Waals surface area contributed by atoms with Gasteiger partial charge in [-0.3, -0.25) is 0 Å². The minimum Gasteiger partial charge on any atom is -0.0619 e. The minimum absolute atomic E-state index is 0.470. The van der Waals surface area contributed by atoms with Crippen molar-refractivity contribution in [3.8, 4) is 55.6 Å². The van der Waals surface area contributed by atoms with Gasteiger partial charge in [-0.05, 0) is 161 Å². The van der Waals surface area contributed by atoms with Crippen LogP contribution < -0.4 is 0 Å². The molecular weight excluding hydrogens is 805 g/mol. The first-order valence-electron chi connectivity index (χ1n) is 23.5. The van der Waals surface area contributed by atoms with Crippen LogP contribution in [0.15, 0.2) is 243 Å². The summed E-state index contributed by atoms with van der Waals surface area (Å²) in [5.74, 6) is 0. The lowest BCUT2D eigenvalue weighted by molar-refractivity contribution is 0.803. The average Bonchev–Trinajstić information content (AvgIpc) is 3.86. The van der Waals surface area contributed by atoms with Crippen LogP contribution >= 0.6 is 0 Å². The number of benzene rings is 13. The molecule has 2 aliphatic rings. The summed E-state index contributed by atoms with van der Waals surface area (Å²) < 4.78 is 0. The van der Waals surface area contributed by atoms with E-state index in [1.165, 1.54) is 143 Å². The van der Waals surface area contributed by atoms with E-state index in [0.717, 1.165) is 0 Å². The van der Waals surface area contributed by atoms with Crippen molar-refractivity contribution in [3.63, 3.8) is 0 Å². The van der Waals surface area contributed by atoms with E-state index >= 15 is 0 Å². The maximum Gasteiger partial charge on any atom is 0.0731 e. The van der Waals surface area contributed by atoms with E-state index < -0.39 is 5.41 Å². The molecule has 0 N–H and O–H groups in total. The van der Waals surface area contributed by atoms with Crippen molar-refractivity contribution < 1.29 is 0 Å². The van der Waals surface area contributed by atoms with Gasteiger partial charge in [0.2, 0.25) is 0 Å². The molecule has 0 aliphatic heterocycles. The van der Waals surface area contributed by atoms with Gasteiger partial charge in [-0.1, -0.05) is 224 Å². The van der Waals surface area contributed by atoms with Crippen molar-refractivity contribution in [1.29, 1.82) is 0 Å². The molecule has 0 nitrogen and oxygen atoms in total. The molecule has 1 spiro atoms. The van der Waals surface area contributed by atoms with Gasteiger partial charge >= 0.3 is 0 Å². The van der Waals surface area contributed by atoms with Crippen molar-refractivity contribution in [2.24, 2.45) is 0 Å². The molecule has 0 bridgehead atoms. The molecule has 0 aromatic heterocycles. The molecule has 15 rings (SSSR count). The van der Waals surface area contributed by atoms with Crippen molar-refractivity contribution in [1.82, 2.24) is 0 Å². The Morgan fingerprint density at radius 3 is 1.33 bits per heavy atom. The van der Waals surface area contributed by atoms with Crippen LogP contribution in [-0.2, 0) is 5.41 Å². The van der Waals surface area contributed by atoms with Crippen molar-refractivity contribution in [3.05, 3.63) is 265 Å². The molecule has 0 saturated heterocycles. The van der Waals surface area contributed by atoms with Gasteiger partial charge in [-0.25, -0.2) is 0 Å². The third kappa shape index (κ3) is 4.92.